The molecule has 1 amide bonds. The van der Waals surface area contributed by atoms with E-state index in [1.807, 2.05) is 26.0 Å². The lowest BCUT2D eigenvalue weighted by Gasteiger charge is -2.31. The van der Waals surface area contributed by atoms with Gasteiger partial charge in [-0.1, -0.05) is 37.3 Å². The molecule has 1 saturated heterocycles. The van der Waals surface area contributed by atoms with E-state index >= 15 is 0 Å². The largest absolute Gasteiger partial charge is 0.350 e. The summed E-state index contributed by atoms with van der Waals surface area (Å²) in [4.78, 5) is 16.7. The Balaban J connectivity index is 1.45. The molecule has 0 unspecified atom stereocenters. The Bertz CT molecular complexity index is 1180. The van der Waals surface area contributed by atoms with Gasteiger partial charge in [0.25, 0.3) is 5.91 Å². The van der Waals surface area contributed by atoms with Gasteiger partial charge in [-0.3, -0.25) is 9.78 Å². The van der Waals surface area contributed by atoms with Crippen molar-refractivity contribution in [1.82, 2.24) is 29.6 Å². The third-order valence-electron chi connectivity index (χ3n) is 5.42. The number of pyridine rings is 1. The van der Waals surface area contributed by atoms with Crippen LogP contribution in [0.4, 0.5) is 0 Å². The monoisotopic (exact) mass is 442 g/mol. The van der Waals surface area contributed by atoms with Crippen LogP contribution < -0.4 is 5.32 Å². The van der Waals surface area contributed by atoms with Crippen LogP contribution in [0.3, 0.4) is 0 Å². The molecule has 0 atom stereocenters. The molecule has 0 spiro atoms. The minimum atomic E-state index is -3.66. The molecule has 3 heterocycles. The highest BCUT2D eigenvalue weighted by Gasteiger charge is 2.32. The summed E-state index contributed by atoms with van der Waals surface area (Å²) in [5.41, 5.74) is 0.762. The highest BCUT2D eigenvalue weighted by molar-refractivity contribution is 7.89. The highest BCUT2D eigenvalue weighted by atomic mass is 32.2. The zero-order chi connectivity index (χ0) is 22.0. The lowest BCUT2D eigenvalue weighted by Crippen LogP contribution is -2.39. The molecule has 4 rings (SSSR count). The second-order valence-electron chi connectivity index (χ2n) is 8.15. The lowest BCUT2D eigenvalue weighted by atomic mass is 10.1. The molecule has 10 heteroatoms. The first-order valence-corrected chi connectivity index (χ1v) is 11.8. The first-order chi connectivity index (χ1) is 14.9. The Morgan fingerprint density at radius 1 is 1.19 bits per heavy atom. The van der Waals surface area contributed by atoms with Crippen LogP contribution in [0, 0.1) is 5.92 Å². The number of carbonyl (C=O) groups excluding carboxylic acids is 1. The Kier molecular flexibility index (Phi) is 6.01. The van der Waals surface area contributed by atoms with Crippen molar-refractivity contribution in [3.05, 3.63) is 48.4 Å². The van der Waals surface area contributed by atoms with E-state index in [9.17, 15) is 13.2 Å². The maximum Gasteiger partial charge on any atom is 0.273 e. The Morgan fingerprint density at radius 3 is 2.68 bits per heavy atom. The summed E-state index contributed by atoms with van der Waals surface area (Å²) in [6, 6.07) is 8.84. The first-order valence-electron chi connectivity index (χ1n) is 10.4. The van der Waals surface area contributed by atoms with E-state index in [0.29, 0.717) is 43.9 Å². The fraction of sp³-hybridized carbons (Fsp3) is 0.429. The van der Waals surface area contributed by atoms with Crippen molar-refractivity contribution in [2.24, 2.45) is 5.92 Å². The van der Waals surface area contributed by atoms with Crippen LogP contribution in [-0.2, 0) is 10.0 Å². The predicted molar refractivity (Wildman–Crippen MR) is 116 cm³/mol. The van der Waals surface area contributed by atoms with E-state index in [-0.39, 0.29) is 22.5 Å². The summed E-state index contributed by atoms with van der Waals surface area (Å²) in [6.07, 6.45) is 4.42. The number of carbonyl (C=O) groups is 1. The Hall–Kier alpha value is -2.85. The molecule has 1 aliphatic heterocycles. The molecule has 3 aromatic rings. The van der Waals surface area contributed by atoms with E-state index in [1.54, 1.807) is 35.3 Å². The van der Waals surface area contributed by atoms with Crippen molar-refractivity contribution < 1.29 is 13.2 Å². The molecule has 1 fully saturated rings. The molecule has 31 heavy (non-hydrogen) atoms. The molecule has 1 N–H and O–H groups in total. The summed E-state index contributed by atoms with van der Waals surface area (Å²) in [5, 5.41) is 11.7. The molecular weight excluding hydrogens is 416 g/mol. The summed E-state index contributed by atoms with van der Waals surface area (Å²) in [5.74, 6) is 0.102. The minimum absolute atomic E-state index is 0.00348. The van der Waals surface area contributed by atoms with Crippen molar-refractivity contribution in [2.45, 2.75) is 37.6 Å². The first kappa shape index (κ1) is 21.4. The molecule has 2 aromatic heterocycles. The molecule has 0 radical (unpaired) electrons. The van der Waals surface area contributed by atoms with Crippen molar-refractivity contribution >= 4 is 26.8 Å². The van der Waals surface area contributed by atoms with Gasteiger partial charge in [-0.05, 0) is 30.9 Å². The standard InChI is InChI=1S/C21H26N6O3S/c1-15(2)13-23-21(28)18-14-27(25-24-18)17-8-11-26(12-9-17)31(29,30)19-7-3-5-16-6-4-10-22-20(16)19/h3-7,10,14-15,17H,8-9,11-13H2,1-2H3,(H,23,28). The summed E-state index contributed by atoms with van der Waals surface area (Å²) in [7, 11) is -3.66. The van der Waals surface area contributed by atoms with Crippen LogP contribution >= 0.6 is 0 Å². The number of fused-ring (bicyclic) bond motifs is 1. The second-order valence-corrected chi connectivity index (χ2v) is 10.1. The number of nitrogens with zero attached hydrogens (tertiary/aromatic N) is 5. The number of sulfonamides is 1. The number of piperidine rings is 1. The van der Waals surface area contributed by atoms with E-state index < -0.39 is 10.0 Å². The molecule has 164 valence electrons. The number of rotatable bonds is 6. The van der Waals surface area contributed by atoms with Gasteiger partial charge >= 0.3 is 0 Å². The Morgan fingerprint density at radius 2 is 1.94 bits per heavy atom. The van der Waals surface area contributed by atoms with Gasteiger partial charge in [0.2, 0.25) is 10.0 Å². The number of amides is 1. The minimum Gasteiger partial charge on any atom is -0.350 e. The lowest BCUT2D eigenvalue weighted by molar-refractivity contribution is 0.0944. The molecule has 1 aliphatic rings. The second kappa shape index (κ2) is 8.72. The average molecular weight is 443 g/mol. The van der Waals surface area contributed by atoms with E-state index in [4.69, 9.17) is 0 Å². The molecule has 9 nitrogen and oxygen atoms in total. The van der Waals surface area contributed by atoms with E-state index in [1.165, 1.54) is 4.31 Å². The molecule has 0 saturated carbocycles. The Labute approximate surface area is 181 Å². The summed E-state index contributed by atoms with van der Waals surface area (Å²) < 4.78 is 29.7. The van der Waals surface area contributed by atoms with Crippen LogP contribution in [0.15, 0.2) is 47.6 Å². The van der Waals surface area contributed by atoms with Gasteiger partial charge in [-0.2, -0.15) is 4.31 Å². The van der Waals surface area contributed by atoms with Gasteiger partial charge < -0.3 is 5.32 Å². The van der Waals surface area contributed by atoms with Gasteiger partial charge in [0.05, 0.1) is 17.8 Å². The zero-order valence-corrected chi connectivity index (χ0v) is 18.4. The quantitative estimate of drug-likeness (QED) is 0.627. The number of aromatic nitrogens is 4. The third-order valence-corrected chi connectivity index (χ3v) is 7.36. The van der Waals surface area contributed by atoms with Crippen LogP contribution in [-0.4, -0.2) is 58.2 Å². The van der Waals surface area contributed by atoms with Gasteiger partial charge in [-0.25, -0.2) is 13.1 Å². The van der Waals surface area contributed by atoms with Crippen LogP contribution in [0.25, 0.3) is 10.9 Å². The number of nitrogens with one attached hydrogen (secondary N) is 1. The third kappa shape index (κ3) is 4.45. The summed E-state index contributed by atoms with van der Waals surface area (Å²) in [6.45, 7) is 5.35. The van der Waals surface area contributed by atoms with Crippen molar-refractivity contribution in [1.29, 1.82) is 0 Å². The molecule has 0 aliphatic carbocycles. The van der Waals surface area contributed by atoms with Gasteiger partial charge in [0, 0.05) is 31.2 Å². The highest BCUT2D eigenvalue weighted by Crippen LogP contribution is 2.29. The fourth-order valence-electron chi connectivity index (χ4n) is 3.72. The van der Waals surface area contributed by atoms with E-state index in [2.05, 4.69) is 20.6 Å². The van der Waals surface area contributed by atoms with Crippen LogP contribution in [0.5, 0.6) is 0 Å². The number of hydrogen-bond acceptors (Lipinski definition) is 6. The van der Waals surface area contributed by atoms with Gasteiger partial charge in [0.15, 0.2) is 5.69 Å². The molecule has 0 bridgehead atoms. The predicted octanol–water partition coefficient (Wildman–Crippen LogP) is 2.24. The normalized spacial score (nSPS) is 16.1. The summed E-state index contributed by atoms with van der Waals surface area (Å²) >= 11 is 0. The average Bonchev–Trinajstić information content (AvgIpc) is 3.27. The maximum atomic E-state index is 13.3. The maximum absolute atomic E-state index is 13.3. The fourth-order valence-corrected chi connectivity index (χ4v) is 5.35. The number of para-hydroxylation sites is 1. The van der Waals surface area contributed by atoms with Crippen LogP contribution in [0.2, 0.25) is 0 Å². The smallest absolute Gasteiger partial charge is 0.273 e. The number of benzene rings is 1. The number of hydrogen-bond donors (Lipinski definition) is 1. The zero-order valence-electron chi connectivity index (χ0n) is 17.6. The van der Waals surface area contributed by atoms with Gasteiger partial charge in [0.1, 0.15) is 4.90 Å². The topological polar surface area (TPSA) is 110 Å². The van der Waals surface area contributed by atoms with Crippen LogP contribution in [0.1, 0.15) is 43.2 Å². The SMILES string of the molecule is CC(C)CNC(=O)c1cn(C2CCN(S(=O)(=O)c3cccc4cccnc34)CC2)nn1. The van der Waals surface area contributed by atoms with Crippen molar-refractivity contribution in [3.63, 3.8) is 0 Å². The molecule has 1 aromatic carbocycles. The van der Waals surface area contributed by atoms with Crippen molar-refractivity contribution in [3.8, 4) is 0 Å². The van der Waals surface area contributed by atoms with Crippen molar-refractivity contribution in [2.75, 3.05) is 19.6 Å². The van der Waals surface area contributed by atoms with E-state index in [0.717, 1.165) is 5.39 Å². The van der Waals surface area contributed by atoms with Gasteiger partial charge in [-0.15, -0.1) is 5.10 Å². The molecular formula is C21H26N6O3S.